The highest BCUT2D eigenvalue weighted by Crippen LogP contribution is 2.29. The molecule has 9 nitrogen and oxygen atoms in total. The Morgan fingerprint density at radius 2 is 1.79 bits per heavy atom. The van der Waals surface area contributed by atoms with Crippen LogP contribution < -0.4 is 15.2 Å². The van der Waals surface area contributed by atoms with Crippen molar-refractivity contribution in [3.05, 3.63) is 70.9 Å². The van der Waals surface area contributed by atoms with Gasteiger partial charge in [0.1, 0.15) is 11.6 Å². The average molecular weight is 530 g/mol. The van der Waals surface area contributed by atoms with Crippen LogP contribution in [0.5, 0.6) is 5.75 Å². The zero-order valence-electron chi connectivity index (χ0n) is 21.2. The topological polar surface area (TPSA) is 81.3 Å². The first kappa shape index (κ1) is 23.7. The zero-order valence-corrected chi connectivity index (χ0v) is 21.2. The first-order valence-corrected chi connectivity index (χ1v) is 12.9. The summed E-state index contributed by atoms with van der Waals surface area (Å²) in [7, 11) is 2.08. The van der Waals surface area contributed by atoms with Gasteiger partial charge < -0.3 is 14.2 Å². The van der Waals surface area contributed by atoms with Crippen molar-refractivity contribution in [2.75, 3.05) is 31.6 Å². The number of hydrogen-bond donors (Lipinski definition) is 0. The summed E-state index contributed by atoms with van der Waals surface area (Å²) in [5, 5.41) is 0.693. The third-order valence-electron chi connectivity index (χ3n) is 7.44. The van der Waals surface area contributed by atoms with Crippen molar-refractivity contribution in [3.63, 3.8) is 0 Å². The quantitative estimate of drug-likeness (QED) is 0.340. The lowest BCUT2D eigenvalue weighted by Gasteiger charge is -2.30. The minimum atomic E-state index is -2.93. The fourth-order valence-corrected chi connectivity index (χ4v) is 5.28. The van der Waals surface area contributed by atoms with Crippen LogP contribution in [0.3, 0.4) is 0 Å². The molecule has 0 amide bonds. The fourth-order valence-electron chi connectivity index (χ4n) is 5.28. The van der Waals surface area contributed by atoms with Crippen molar-refractivity contribution >= 4 is 28.0 Å². The maximum atomic E-state index is 14.1. The lowest BCUT2D eigenvalue weighted by molar-refractivity contribution is -0.0498. The lowest BCUT2D eigenvalue weighted by Crippen LogP contribution is -2.38. The van der Waals surface area contributed by atoms with Crippen LogP contribution >= 0.6 is 0 Å². The van der Waals surface area contributed by atoms with Gasteiger partial charge in [0.05, 0.1) is 23.3 Å². The predicted octanol–water partition coefficient (Wildman–Crippen LogP) is 4.05. The number of halogens is 2. The SMILES string of the molecule is CN1CCn2c(nc3ccc(-c4cc5cnc(N6CCC6)nc5n(-c5ccc(OC(F)F)cc5)c4=O)cc32)C1. The van der Waals surface area contributed by atoms with Crippen LogP contribution in [-0.4, -0.2) is 62.3 Å². The summed E-state index contributed by atoms with van der Waals surface area (Å²) in [5.74, 6) is 1.58. The normalized spacial score (nSPS) is 15.6. The molecule has 5 aromatic rings. The van der Waals surface area contributed by atoms with Gasteiger partial charge in [-0.15, -0.1) is 0 Å². The summed E-state index contributed by atoms with van der Waals surface area (Å²) in [6.07, 6.45) is 2.80. The molecular weight excluding hydrogens is 504 g/mol. The summed E-state index contributed by atoms with van der Waals surface area (Å²) in [6.45, 7) is 1.31. The highest BCUT2D eigenvalue weighted by molar-refractivity contribution is 5.87. The van der Waals surface area contributed by atoms with E-state index in [0.717, 1.165) is 61.6 Å². The molecule has 0 unspecified atom stereocenters. The van der Waals surface area contributed by atoms with Crippen molar-refractivity contribution in [3.8, 4) is 22.6 Å². The number of ether oxygens (including phenoxy) is 1. The Balaban J connectivity index is 1.41. The van der Waals surface area contributed by atoms with Crippen LogP contribution in [0.4, 0.5) is 14.7 Å². The Morgan fingerprint density at radius 3 is 2.54 bits per heavy atom. The molecule has 11 heteroatoms. The minimum Gasteiger partial charge on any atom is -0.435 e. The summed E-state index contributed by atoms with van der Waals surface area (Å²) in [6, 6.07) is 13.7. The molecule has 0 N–H and O–H groups in total. The van der Waals surface area contributed by atoms with Gasteiger partial charge in [0.15, 0.2) is 5.65 Å². The second-order valence-electron chi connectivity index (χ2n) is 9.98. The number of nitrogens with zero attached hydrogens (tertiary/aromatic N) is 7. The van der Waals surface area contributed by atoms with E-state index in [1.54, 1.807) is 18.3 Å². The van der Waals surface area contributed by atoms with E-state index in [9.17, 15) is 13.6 Å². The maximum Gasteiger partial charge on any atom is 0.387 e. The number of benzene rings is 2. The third kappa shape index (κ3) is 4.09. The van der Waals surface area contributed by atoms with E-state index in [0.29, 0.717) is 28.2 Å². The summed E-state index contributed by atoms with van der Waals surface area (Å²) in [4.78, 5) is 32.5. The highest BCUT2D eigenvalue weighted by Gasteiger charge is 2.22. The van der Waals surface area contributed by atoms with Crippen LogP contribution in [0.2, 0.25) is 0 Å². The largest absolute Gasteiger partial charge is 0.435 e. The van der Waals surface area contributed by atoms with Gasteiger partial charge >= 0.3 is 6.61 Å². The molecule has 0 bridgehead atoms. The molecule has 7 rings (SSSR count). The number of alkyl halides is 2. The minimum absolute atomic E-state index is 0.0137. The molecule has 198 valence electrons. The van der Waals surface area contributed by atoms with E-state index in [2.05, 4.69) is 31.1 Å². The number of imidazole rings is 1. The fraction of sp³-hybridized carbons (Fsp3) is 0.286. The Bertz CT molecular complexity index is 1780. The van der Waals surface area contributed by atoms with E-state index >= 15 is 0 Å². The van der Waals surface area contributed by atoms with Gasteiger partial charge in [-0.05, 0) is 61.5 Å². The van der Waals surface area contributed by atoms with Crippen LogP contribution in [-0.2, 0) is 13.1 Å². The number of rotatable bonds is 5. The van der Waals surface area contributed by atoms with E-state index in [-0.39, 0.29) is 11.3 Å². The number of fused-ring (bicyclic) bond motifs is 4. The molecule has 0 atom stereocenters. The van der Waals surface area contributed by atoms with E-state index in [4.69, 9.17) is 9.97 Å². The van der Waals surface area contributed by atoms with Gasteiger partial charge in [-0.1, -0.05) is 6.07 Å². The smallest absolute Gasteiger partial charge is 0.387 e. The van der Waals surface area contributed by atoms with Crippen LogP contribution in [0.25, 0.3) is 38.9 Å². The van der Waals surface area contributed by atoms with E-state index in [1.165, 1.54) is 16.7 Å². The first-order chi connectivity index (χ1) is 18.9. The van der Waals surface area contributed by atoms with E-state index < -0.39 is 6.61 Å². The lowest BCUT2D eigenvalue weighted by atomic mass is 10.0. The van der Waals surface area contributed by atoms with Crippen molar-refractivity contribution in [1.29, 1.82) is 0 Å². The van der Waals surface area contributed by atoms with Gasteiger partial charge in [0.25, 0.3) is 5.56 Å². The number of likely N-dealkylation sites (N-methyl/N-ethyl adjacent to an activating group) is 1. The molecule has 1 saturated heterocycles. The monoisotopic (exact) mass is 529 g/mol. The van der Waals surface area contributed by atoms with Gasteiger partial charge in [-0.25, -0.2) is 9.97 Å². The summed E-state index contributed by atoms with van der Waals surface area (Å²) in [5.41, 5.74) is 3.80. The Labute approximate surface area is 221 Å². The molecule has 1 fully saturated rings. The van der Waals surface area contributed by atoms with Crippen molar-refractivity contribution < 1.29 is 13.5 Å². The average Bonchev–Trinajstić information content (AvgIpc) is 3.24. The summed E-state index contributed by atoms with van der Waals surface area (Å²) < 4.78 is 33.7. The predicted molar refractivity (Wildman–Crippen MR) is 144 cm³/mol. The zero-order chi connectivity index (χ0) is 26.7. The standard InChI is InChI=1S/C28H25F2N7O2/c1-34-11-12-36-23-14-17(3-8-22(23)32-24(36)16-34)21-13-18-15-31-28(35-9-2-10-35)33-25(18)37(26(21)38)19-4-6-20(7-5-19)39-27(29)30/h3-8,13-15,27H,2,9-12,16H2,1H3. The molecule has 0 saturated carbocycles. The van der Waals surface area contributed by atoms with Gasteiger partial charge in [0.2, 0.25) is 5.95 Å². The number of aromatic nitrogens is 5. The Hall–Kier alpha value is -4.38. The molecule has 0 spiro atoms. The maximum absolute atomic E-state index is 14.1. The molecule has 5 heterocycles. The molecule has 2 aromatic carbocycles. The van der Waals surface area contributed by atoms with Crippen molar-refractivity contribution in [1.82, 2.24) is 29.0 Å². The molecule has 2 aliphatic rings. The van der Waals surface area contributed by atoms with Crippen LogP contribution in [0.1, 0.15) is 12.2 Å². The molecule has 39 heavy (non-hydrogen) atoms. The number of hydrogen-bond acceptors (Lipinski definition) is 7. The van der Waals surface area contributed by atoms with Gasteiger partial charge in [0, 0.05) is 43.3 Å². The number of anilines is 1. The highest BCUT2D eigenvalue weighted by atomic mass is 19.3. The molecule has 0 radical (unpaired) electrons. The van der Waals surface area contributed by atoms with Crippen LogP contribution in [0.15, 0.2) is 59.5 Å². The number of pyridine rings is 1. The summed E-state index contributed by atoms with van der Waals surface area (Å²) >= 11 is 0. The van der Waals surface area contributed by atoms with E-state index in [1.807, 2.05) is 24.3 Å². The van der Waals surface area contributed by atoms with Gasteiger partial charge in [-0.3, -0.25) is 14.3 Å². The third-order valence-corrected chi connectivity index (χ3v) is 7.44. The van der Waals surface area contributed by atoms with Crippen LogP contribution in [0, 0.1) is 0 Å². The molecular formula is C28H25F2N7O2. The Morgan fingerprint density at radius 1 is 0.974 bits per heavy atom. The first-order valence-electron chi connectivity index (χ1n) is 12.9. The second-order valence-corrected chi connectivity index (χ2v) is 9.98. The molecule has 3 aromatic heterocycles. The molecule has 0 aliphatic carbocycles. The van der Waals surface area contributed by atoms with Gasteiger partial charge in [-0.2, -0.15) is 13.8 Å². The second kappa shape index (κ2) is 9.12. The van der Waals surface area contributed by atoms with Crippen molar-refractivity contribution in [2.24, 2.45) is 0 Å². The van der Waals surface area contributed by atoms with Crippen molar-refractivity contribution in [2.45, 2.75) is 26.1 Å². The Kier molecular flexibility index (Phi) is 5.55. The molecule has 2 aliphatic heterocycles.